The van der Waals surface area contributed by atoms with Crippen molar-refractivity contribution in [2.75, 3.05) is 14.2 Å². The lowest BCUT2D eigenvalue weighted by atomic mass is 9.90. The Bertz CT molecular complexity index is 346. The van der Waals surface area contributed by atoms with E-state index < -0.39 is 0 Å². The molecule has 1 aliphatic rings. The number of hydrogen-bond donors (Lipinski definition) is 1. The van der Waals surface area contributed by atoms with E-state index in [4.69, 9.17) is 19.9 Å². The fourth-order valence-corrected chi connectivity index (χ4v) is 1.41. The Hall–Kier alpha value is -1.63. The van der Waals surface area contributed by atoms with E-state index in [0.717, 1.165) is 12.8 Å². The molecule has 0 aliphatic heterocycles. The Morgan fingerprint density at radius 1 is 1.00 bits per heavy atom. The molecule has 1 fully saturated rings. The molecule has 0 spiro atoms. The van der Waals surface area contributed by atoms with Gasteiger partial charge in [-0.3, -0.25) is 0 Å². The van der Waals surface area contributed by atoms with Gasteiger partial charge in [-0.1, -0.05) is 0 Å². The SMILES string of the molecule is COc1nc(OC)nc(OC2CC(N)C2)n1. The van der Waals surface area contributed by atoms with Gasteiger partial charge in [0.25, 0.3) is 0 Å². The second-order valence-electron chi connectivity index (χ2n) is 3.56. The van der Waals surface area contributed by atoms with Crippen molar-refractivity contribution in [3.63, 3.8) is 0 Å². The summed E-state index contributed by atoms with van der Waals surface area (Å²) in [7, 11) is 2.94. The molecule has 7 heteroatoms. The Morgan fingerprint density at radius 3 is 1.94 bits per heavy atom. The summed E-state index contributed by atoms with van der Waals surface area (Å²) >= 11 is 0. The molecule has 1 aromatic rings. The van der Waals surface area contributed by atoms with E-state index >= 15 is 0 Å². The number of ether oxygens (including phenoxy) is 3. The van der Waals surface area contributed by atoms with Crippen molar-refractivity contribution in [1.82, 2.24) is 15.0 Å². The first-order valence-electron chi connectivity index (χ1n) is 4.97. The molecular weight excluding hydrogens is 212 g/mol. The first-order valence-corrected chi connectivity index (χ1v) is 4.97. The van der Waals surface area contributed by atoms with Crippen LogP contribution in [0.5, 0.6) is 18.0 Å². The van der Waals surface area contributed by atoms with Crippen LogP contribution in [0.15, 0.2) is 0 Å². The monoisotopic (exact) mass is 226 g/mol. The van der Waals surface area contributed by atoms with Crippen molar-refractivity contribution in [2.45, 2.75) is 25.0 Å². The molecule has 0 saturated heterocycles. The predicted octanol–water partition coefficient (Wildman–Crippen LogP) is -0.243. The van der Waals surface area contributed by atoms with E-state index in [2.05, 4.69) is 15.0 Å². The maximum absolute atomic E-state index is 5.65. The molecule has 2 rings (SSSR count). The van der Waals surface area contributed by atoms with Crippen LogP contribution in [-0.2, 0) is 0 Å². The first kappa shape index (κ1) is 10.9. The van der Waals surface area contributed by atoms with Gasteiger partial charge in [-0.25, -0.2) is 0 Å². The molecule has 0 amide bonds. The zero-order valence-electron chi connectivity index (χ0n) is 9.21. The van der Waals surface area contributed by atoms with E-state index in [9.17, 15) is 0 Å². The van der Waals surface area contributed by atoms with Gasteiger partial charge < -0.3 is 19.9 Å². The maximum atomic E-state index is 5.65. The molecule has 0 radical (unpaired) electrons. The predicted molar refractivity (Wildman–Crippen MR) is 54.6 cm³/mol. The van der Waals surface area contributed by atoms with Gasteiger partial charge in [-0.2, -0.15) is 0 Å². The van der Waals surface area contributed by atoms with E-state index in [0.29, 0.717) is 0 Å². The Kier molecular flexibility index (Phi) is 3.04. The molecule has 0 atom stereocenters. The standard InChI is InChI=1S/C9H14N4O3/c1-14-7-11-8(15-2)13-9(12-7)16-6-3-5(10)4-6/h5-6H,3-4,10H2,1-2H3. The quantitative estimate of drug-likeness (QED) is 0.757. The second kappa shape index (κ2) is 4.48. The lowest BCUT2D eigenvalue weighted by molar-refractivity contribution is 0.0879. The molecule has 0 bridgehead atoms. The highest BCUT2D eigenvalue weighted by Gasteiger charge is 2.28. The fourth-order valence-electron chi connectivity index (χ4n) is 1.41. The third kappa shape index (κ3) is 2.30. The van der Waals surface area contributed by atoms with Crippen LogP contribution in [0.2, 0.25) is 0 Å². The number of nitrogens with zero attached hydrogens (tertiary/aromatic N) is 3. The summed E-state index contributed by atoms with van der Waals surface area (Å²) in [5.74, 6) is 0. The molecule has 1 aliphatic carbocycles. The van der Waals surface area contributed by atoms with E-state index in [1.807, 2.05) is 0 Å². The van der Waals surface area contributed by atoms with Crippen molar-refractivity contribution in [3.8, 4) is 18.0 Å². The summed E-state index contributed by atoms with van der Waals surface area (Å²) in [6, 6.07) is 0.771. The lowest BCUT2D eigenvalue weighted by Gasteiger charge is -2.31. The summed E-state index contributed by atoms with van der Waals surface area (Å²) < 4.78 is 15.3. The van der Waals surface area contributed by atoms with Crippen LogP contribution in [0, 0.1) is 0 Å². The molecule has 0 aromatic carbocycles. The van der Waals surface area contributed by atoms with E-state index in [1.54, 1.807) is 0 Å². The van der Waals surface area contributed by atoms with Gasteiger partial charge in [0, 0.05) is 6.04 Å². The normalized spacial score (nSPS) is 23.4. The average molecular weight is 226 g/mol. The molecule has 1 saturated carbocycles. The van der Waals surface area contributed by atoms with Gasteiger partial charge in [-0.15, -0.1) is 15.0 Å². The summed E-state index contributed by atoms with van der Waals surface area (Å²) in [5.41, 5.74) is 5.65. The number of hydrogen-bond acceptors (Lipinski definition) is 7. The van der Waals surface area contributed by atoms with Crippen molar-refractivity contribution in [1.29, 1.82) is 0 Å². The minimum Gasteiger partial charge on any atom is -0.467 e. The molecular formula is C9H14N4O3. The summed E-state index contributed by atoms with van der Waals surface area (Å²) in [6.07, 6.45) is 1.71. The topological polar surface area (TPSA) is 92.4 Å². The Balaban J connectivity index is 2.07. The van der Waals surface area contributed by atoms with Crippen LogP contribution in [0.25, 0.3) is 0 Å². The first-order chi connectivity index (χ1) is 7.71. The Morgan fingerprint density at radius 2 is 1.50 bits per heavy atom. The number of nitrogens with two attached hydrogens (primary N) is 1. The third-order valence-electron chi connectivity index (χ3n) is 2.34. The molecule has 0 unspecified atom stereocenters. The molecule has 88 valence electrons. The maximum Gasteiger partial charge on any atom is 0.326 e. The number of rotatable bonds is 4. The van der Waals surface area contributed by atoms with E-state index in [-0.39, 0.29) is 30.2 Å². The van der Waals surface area contributed by atoms with Gasteiger partial charge in [0.1, 0.15) is 6.10 Å². The number of aromatic nitrogens is 3. The summed E-state index contributed by atoms with van der Waals surface area (Å²) in [6.45, 7) is 0. The average Bonchev–Trinajstić information content (AvgIpc) is 2.26. The van der Waals surface area contributed by atoms with Crippen LogP contribution >= 0.6 is 0 Å². The molecule has 2 N–H and O–H groups in total. The van der Waals surface area contributed by atoms with Gasteiger partial charge >= 0.3 is 18.0 Å². The zero-order chi connectivity index (χ0) is 11.5. The van der Waals surface area contributed by atoms with Crippen LogP contribution in [0.1, 0.15) is 12.8 Å². The fraction of sp³-hybridized carbons (Fsp3) is 0.667. The van der Waals surface area contributed by atoms with E-state index in [1.165, 1.54) is 14.2 Å². The van der Waals surface area contributed by atoms with Gasteiger partial charge in [-0.05, 0) is 12.8 Å². The largest absolute Gasteiger partial charge is 0.467 e. The van der Waals surface area contributed by atoms with Gasteiger partial charge in [0.15, 0.2) is 0 Å². The molecule has 1 aromatic heterocycles. The smallest absolute Gasteiger partial charge is 0.326 e. The second-order valence-corrected chi connectivity index (χ2v) is 3.56. The lowest BCUT2D eigenvalue weighted by Crippen LogP contribution is -2.43. The molecule has 1 heterocycles. The highest BCUT2D eigenvalue weighted by Crippen LogP contribution is 2.23. The zero-order valence-corrected chi connectivity index (χ0v) is 9.21. The summed E-state index contributed by atoms with van der Waals surface area (Å²) in [4.78, 5) is 11.8. The molecule has 7 nitrogen and oxygen atoms in total. The van der Waals surface area contributed by atoms with Gasteiger partial charge in [0.05, 0.1) is 14.2 Å². The van der Waals surface area contributed by atoms with Gasteiger partial charge in [0.2, 0.25) is 0 Å². The van der Waals surface area contributed by atoms with Crippen LogP contribution in [0.3, 0.4) is 0 Å². The van der Waals surface area contributed by atoms with Crippen molar-refractivity contribution >= 4 is 0 Å². The minimum absolute atomic E-state index is 0.0758. The van der Waals surface area contributed by atoms with Crippen LogP contribution in [0.4, 0.5) is 0 Å². The van der Waals surface area contributed by atoms with Crippen molar-refractivity contribution in [2.24, 2.45) is 5.73 Å². The minimum atomic E-state index is 0.0758. The van der Waals surface area contributed by atoms with Crippen molar-refractivity contribution in [3.05, 3.63) is 0 Å². The van der Waals surface area contributed by atoms with Crippen LogP contribution < -0.4 is 19.9 Å². The summed E-state index contributed by atoms with van der Waals surface area (Å²) in [5, 5.41) is 0. The Labute approximate surface area is 93.0 Å². The molecule has 16 heavy (non-hydrogen) atoms. The highest BCUT2D eigenvalue weighted by molar-refractivity contribution is 5.09. The highest BCUT2D eigenvalue weighted by atomic mass is 16.5. The van der Waals surface area contributed by atoms with Crippen LogP contribution in [-0.4, -0.2) is 41.3 Å². The third-order valence-corrected chi connectivity index (χ3v) is 2.34. The number of methoxy groups -OCH3 is 2. The van der Waals surface area contributed by atoms with Crippen molar-refractivity contribution < 1.29 is 14.2 Å².